The quantitative estimate of drug-likeness (QED) is 0.368. The van der Waals surface area contributed by atoms with Crippen molar-refractivity contribution in [2.75, 3.05) is 0 Å². The maximum absolute atomic E-state index is 12.9. The summed E-state index contributed by atoms with van der Waals surface area (Å²) in [5, 5.41) is 11.0. The first kappa shape index (κ1) is 20.4. The van der Waals surface area contributed by atoms with Crippen molar-refractivity contribution in [3.63, 3.8) is 0 Å². The highest BCUT2D eigenvalue weighted by molar-refractivity contribution is 6.46. The Morgan fingerprint density at radius 2 is 1.94 bits per heavy atom. The number of hydrogen-bond donors (Lipinski definition) is 1. The summed E-state index contributed by atoms with van der Waals surface area (Å²) in [6.07, 6.45) is 4.74. The van der Waals surface area contributed by atoms with Gasteiger partial charge in [-0.3, -0.25) is 14.6 Å². The van der Waals surface area contributed by atoms with Gasteiger partial charge in [-0.25, -0.2) is 0 Å². The topological polar surface area (TPSA) is 92.9 Å². The van der Waals surface area contributed by atoms with Gasteiger partial charge in [0.2, 0.25) is 0 Å². The number of ether oxygens (including phenoxy) is 1. The number of nitrogens with zero attached hydrogens (tertiary/aromatic N) is 2. The highest BCUT2D eigenvalue weighted by atomic mass is 16.5. The molecule has 0 bridgehead atoms. The minimum atomic E-state index is -0.846. The molecule has 1 amide bonds. The number of likely N-dealkylation sites (tertiary alicyclic amines) is 1. The largest absolute Gasteiger partial charge is 0.507 e. The molecule has 1 aromatic carbocycles. The number of aliphatic hydroxyl groups is 1. The van der Waals surface area contributed by atoms with Crippen LogP contribution in [0.4, 0.5) is 0 Å². The van der Waals surface area contributed by atoms with E-state index in [0.29, 0.717) is 17.1 Å². The fourth-order valence-electron chi connectivity index (χ4n) is 3.59. The monoisotopic (exact) mass is 418 g/mol. The van der Waals surface area contributed by atoms with E-state index >= 15 is 0 Å². The number of benzene rings is 1. The van der Waals surface area contributed by atoms with E-state index in [2.05, 4.69) is 4.98 Å². The van der Waals surface area contributed by atoms with Gasteiger partial charge in [-0.15, -0.1) is 0 Å². The van der Waals surface area contributed by atoms with Gasteiger partial charge in [0.1, 0.15) is 23.3 Å². The van der Waals surface area contributed by atoms with Gasteiger partial charge in [-0.1, -0.05) is 6.07 Å². The first-order valence-electron chi connectivity index (χ1n) is 9.93. The van der Waals surface area contributed by atoms with Gasteiger partial charge in [0.05, 0.1) is 17.9 Å². The van der Waals surface area contributed by atoms with Crippen LogP contribution in [0.15, 0.2) is 77.2 Å². The van der Waals surface area contributed by atoms with Crippen molar-refractivity contribution in [3.8, 4) is 5.75 Å². The van der Waals surface area contributed by atoms with Crippen molar-refractivity contribution < 1.29 is 23.8 Å². The predicted molar refractivity (Wildman–Crippen MR) is 113 cm³/mol. The summed E-state index contributed by atoms with van der Waals surface area (Å²) in [7, 11) is 0. The molecule has 2 aromatic heterocycles. The van der Waals surface area contributed by atoms with E-state index in [9.17, 15) is 14.7 Å². The van der Waals surface area contributed by atoms with Crippen molar-refractivity contribution >= 4 is 17.4 Å². The molecule has 1 aliphatic heterocycles. The SMILES string of the molecule is CC(C)Oc1ccc(/C(O)=C2\C(=O)C(=O)N(Cc3cccnc3)[C@@H]2c2ccco2)cc1. The lowest BCUT2D eigenvalue weighted by molar-refractivity contribution is -0.140. The molecule has 0 spiro atoms. The summed E-state index contributed by atoms with van der Waals surface area (Å²) < 4.78 is 11.2. The number of aromatic nitrogens is 1. The number of Topliss-reactive ketones (excluding diaryl/α,β-unsaturated/α-hetero) is 1. The molecular weight excluding hydrogens is 396 g/mol. The summed E-state index contributed by atoms with van der Waals surface area (Å²) in [4.78, 5) is 31.3. The lowest BCUT2D eigenvalue weighted by Crippen LogP contribution is -2.29. The van der Waals surface area contributed by atoms with Crippen molar-refractivity contribution in [2.45, 2.75) is 32.5 Å². The molecule has 3 heterocycles. The first-order chi connectivity index (χ1) is 15.0. The smallest absolute Gasteiger partial charge is 0.296 e. The minimum Gasteiger partial charge on any atom is -0.507 e. The third-order valence-corrected chi connectivity index (χ3v) is 4.93. The molecular formula is C24H22N2O5. The maximum Gasteiger partial charge on any atom is 0.296 e. The summed E-state index contributed by atoms with van der Waals surface area (Å²) >= 11 is 0. The van der Waals surface area contributed by atoms with Crippen molar-refractivity contribution in [3.05, 3.63) is 89.6 Å². The number of carbonyl (C=O) groups excluding carboxylic acids is 2. The zero-order valence-corrected chi connectivity index (χ0v) is 17.2. The van der Waals surface area contributed by atoms with Crippen molar-refractivity contribution in [1.29, 1.82) is 0 Å². The second-order valence-corrected chi connectivity index (χ2v) is 7.49. The second kappa shape index (κ2) is 8.47. The van der Waals surface area contributed by atoms with Gasteiger partial charge in [-0.05, 0) is 61.9 Å². The number of carbonyl (C=O) groups is 2. The van der Waals surface area contributed by atoms with Crippen LogP contribution in [0.2, 0.25) is 0 Å². The molecule has 4 rings (SSSR count). The maximum atomic E-state index is 12.9. The molecule has 158 valence electrons. The van der Waals surface area contributed by atoms with Gasteiger partial charge in [0.25, 0.3) is 11.7 Å². The Kier molecular flexibility index (Phi) is 5.58. The van der Waals surface area contributed by atoms with E-state index in [-0.39, 0.29) is 24.0 Å². The number of hydrogen-bond acceptors (Lipinski definition) is 6. The van der Waals surface area contributed by atoms with E-state index in [4.69, 9.17) is 9.15 Å². The Hall–Kier alpha value is -3.87. The fraction of sp³-hybridized carbons (Fsp3) is 0.208. The molecule has 1 saturated heterocycles. The Bertz CT molecular complexity index is 1100. The predicted octanol–water partition coefficient (Wildman–Crippen LogP) is 4.08. The van der Waals surface area contributed by atoms with Crippen molar-refractivity contribution in [1.82, 2.24) is 9.88 Å². The first-order valence-corrected chi connectivity index (χ1v) is 9.93. The Morgan fingerprint density at radius 1 is 1.16 bits per heavy atom. The molecule has 0 saturated carbocycles. The van der Waals surface area contributed by atoms with Gasteiger partial charge < -0.3 is 19.2 Å². The summed E-state index contributed by atoms with van der Waals surface area (Å²) in [5.74, 6) is -0.683. The van der Waals surface area contributed by atoms with Crippen molar-refractivity contribution in [2.24, 2.45) is 0 Å². The summed E-state index contributed by atoms with van der Waals surface area (Å²) in [6.45, 7) is 3.99. The zero-order valence-electron chi connectivity index (χ0n) is 17.2. The van der Waals surface area contributed by atoms with Crippen LogP contribution in [-0.2, 0) is 16.1 Å². The Balaban J connectivity index is 1.76. The van der Waals surface area contributed by atoms with Crippen LogP contribution < -0.4 is 4.74 Å². The molecule has 3 aromatic rings. The summed E-state index contributed by atoms with van der Waals surface area (Å²) in [6, 6.07) is 12.8. The van der Waals surface area contributed by atoms with Crippen LogP contribution in [0, 0.1) is 0 Å². The summed E-state index contributed by atoms with van der Waals surface area (Å²) in [5.41, 5.74) is 1.16. The van der Waals surface area contributed by atoms with Crippen LogP contribution in [0.5, 0.6) is 5.75 Å². The average Bonchev–Trinajstić information content (AvgIpc) is 3.37. The van der Waals surface area contributed by atoms with E-state index in [0.717, 1.165) is 5.56 Å². The van der Waals surface area contributed by atoms with E-state index in [1.807, 2.05) is 19.9 Å². The molecule has 1 fully saturated rings. The molecule has 0 radical (unpaired) electrons. The number of amides is 1. The number of furan rings is 1. The normalized spacial score (nSPS) is 18.0. The molecule has 1 aliphatic rings. The molecule has 0 aliphatic carbocycles. The highest BCUT2D eigenvalue weighted by Crippen LogP contribution is 2.40. The Morgan fingerprint density at radius 3 is 2.55 bits per heavy atom. The number of ketones is 1. The number of pyridine rings is 1. The Labute approximate surface area is 179 Å². The molecule has 1 N–H and O–H groups in total. The fourth-order valence-corrected chi connectivity index (χ4v) is 3.59. The molecule has 31 heavy (non-hydrogen) atoms. The third kappa shape index (κ3) is 4.07. The van der Waals surface area contributed by atoms with Crippen LogP contribution in [0.1, 0.15) is 36.8 Å². The molecule has 7 nitrogen and oxygen atoms in total. The van der Waals surface area contributed by atoms with Gasteiger partial charge >= 0.3 is 0 Å². The van der Waals surface area contributed by atoms with Crippen LogP contribution in [0.25, 0.3) is 5.76 Å². The molecule has 0 unspecified atom stereocenters. The van der Waals surface area contributed by atoms with Crippen LogP contribution >= 0.6 is 0 Å². The van der Waals surface area contributed by atoms with E-state index in [1.165, 1.54) is 11.2 Å². The van der Waals surface area contributed by atoms with Crippen LogP contribution in [-0.4, -0.2) is 32.8 Å². The van der Waals surface area contributed by atoms with E-state index in [1.54, 1.807) is 54.9 Å². The lowest BCUT2D eigenvalue weighted by atomic mass is 9.99. The lowest BCUT2D eigenvalue weighted by Gasteiger charge is -2.23. The average molecular weight is 418 g/mol. The number of aliphatic hydroxyl groups excluding tert-OH is 1. The third-order valence-electron chi connectivity index (χ3n) is 4.93. The minimum absolute atomic E-state index is 0.0104. The zero-order chi connectivity index (χ0) is 22.0. The molecule has 1 atom stereocenters. The van der Waals surface area contributed by atoms with E-state index < -0.39 is 17.7 Å². The number of rotatable bonds is 6. The standard InChI is InChI=1S/C24H22N2O5/c1-15(2)31-18-9-7-17(8-10-18)22(27)20-21(19-6-4-12-30-19)26(24(29)23(20)28)14-16-5-3-11-25-13-16/h3-13,15,21,27H,14H2,1-2H3/b22-20+/t21-/m1/s1. The van der Waals surface area contributed by atoms with Gasteiger partial charge in [-0.2, -0.15) is 0 Å². The molecule has 7 heteroatoms. The van der Waals surface area contributed by atoms with Gasteiger partial charge in [0, 0.05) is 24.5 Å². The van der Waals surface area contributed by atoms with Crippen LogP contribution in [0.3, 0.4) is 0 Å². The second-order valence-electron chi connectivity index (χ2n) is 7.49. The highest BCUT2D eigenvalue weighted by Gasteiger charge is 2.47. The van der Waals surface area contributed by atoms with Gasteiger partial charge in [0.15, 0.2) is 0 Å².